The lowest BCUT2D eigenvalue weighted by atomic mass is 9.89. The van der Waals surface area contributed by atoms with Gasteiger partial charge in [-0.3, -0.25) is 0 Å². The molecular weight excluding hydrogens is 554 g/mol. The average molecular weight is 583 g/mol. The lowest BCUT2D eigenvalue weighted by molar-refractivity contribution is -0.274. The van der Waals surface area contributed by atoms with E-state index >= 15 is 0 Å². The highest BCUT2D eigenvalue weighted by molar-refractivity contribution is 5.58. The van der Waals surface area contributed by atoms with Gasteiger partial charge >= 0.3 is 12.5 Å². The van der Waals surface area contributed by atoms with Crippen molar-refractivity contribution < 1.29 is 35.5 Å². The summed E-state index contributed by atoms with van der Waals surface area (Å²) in [5, 5.41) is 7.19. The third kappa shape index (κ3) is 6.21. The van der Waals surface area contributed by atoms with Crippen LogP contribution in [0.5, 0.6) is 5.75 Å². The van der Waals surface area contributed by atoms with Gasteiger partial charge in [-0.1, -0.05) is 12.8 Å². The van der Waals surface area contributed by atoms with Crippen LogP contribution in [0.4, 0.5) is 38.3 Å². The zero-order chi connectivity index (χ0) is 28.8. The summed E-state index contributed by atoms with van der Waals surface area (Å²) in [6, 6.07) is 6.09. The highest BCUT2D eigenvalue weighted by Gasteiger charge is 2.47. The van der Waals surface area contributed by atoms with Crippen LogP contribution in [0.15, 0.2) is 47.3 Å². The van der Waals surface area contributed by atoms with Crippen LogP contribution in [0.2, 0.25) is 0 Å². The third-order valence-corrected chi connectivity index (χ3v) is 8.09. The minimum atomic E-state index is -4.76. The number of nitrogens with zero attached hydrogens (tertiary/aromatic N) is 4. The van der Waals surface area contributed by atoms with E-state index in [0.717, 1.165) is 57.5 Å². The van der Waals surface area contributed by atoms with Crippen molar-refractivity contribution >= 4 is 12.0 Å². The van der Waals surface area contributed by atoms with Crippen LogP contribution in [0.1, 0.15) is 44.1 Å². The van der Waals surface area contributed by atoms with E-state index in [1.165, 1.54) is 30.5 Å². The van der Waals surface area contributed by atoms with Gasteiger partial charge in [-0.05, 0) is 55.9 Å². The second-order valence-electron chi connectivity index (χ2n) is 10.8. The highest BCUT2D eigenvalue weighted by atomic mass is 19.4. The number of aromatic nitrogens is 3. The first-order chi connectivity index (χ1) is 19.5. The highest BCUT2D eigenvalue weighted by Crippen LogP contribution is 2.41. The number of nitrogens with one attached hydrogen (secondary N) is 2. The standard InChI is InChI=1S/C27H28F6N6O2/c28-26(29,30)17-11-34-24(35-12-17)39-14-15-9-21(22(39)10-15)37-19-3-1-2-4-20(19)38-25-36-13-23(40-25)16-5-7-18(8-6-16)41-27(31,32)33/h5-8,11-13,15,19-22,37H,1-4,9-10,14H2,(H,36,38). The first-order valence-electron chi connectivity index (χ1n) is 13.5. The van der Waals surface area contributed by atoms with Gasteiger partial charge in [-0.2, -0.15) is 13.2 Å². The van der Waals surface area contributed by atoms with Crippen LogP contribution in [0.25, 0.3) is 11.3 Å². The Labute approximate surface area is 231 Å². The Morgan fingerprint density at radius 3 is 2.22 bits per heavy atom. The molecule has 1 aromatic carbocycles. The molecule has 2 N–H and O–H groups in total. The SMILES string of the molecule is FC(F)(F)Oc1ccc(-c2cnc(NC3CCCCC3NC3CC4CC3N(c3ncc(C(F)(F)F)cn3)C4)o2)cc1. The fourth-order valence-corrected chi connectivity index (χ4v) is 6.28. The Morgan fingerprint density at radius 2 is 1.56 bits per heavy atom. The van der Waals surface area contributed by atoms with Gasteiger partial charge in [0.15, 0.2) is 5.76 Å². The van der Waals surface area contributed by atoms with Crippen LogP contribution in [-0.4, -0.2) is 52.0 Å². The Bertz CT molecular complexity index is 1330. The van der Waals surface area contributed by atoms with Crippen molar-refractivity contribution in [3.05, 3.63) is 48.4 Å². The second kappa shape index (κ2) is 10.7. The Kier molecular flexibility index (Phi) is 7.20. The molecular formula is C27H28F6N6O2. The Morgan fingerprint density at radius 1 is 0.854 bits per heavy atom. The molecule has 8 nitrogen and oxygen atoms in total. The summed E-state index contributed by atoms with van der Waals surface area (Å²) < 4.78 is 86.0. The summed E-state index contributed by atoms with van der Waals surface area (Å²) in [6.45, 7) is 0.725. The maximum absolute atomic E-state index is 13.0. The van der Waals surface area contributed by atoms with E-state index in [1.54, 1.807) is 0 Å². The first-order valence-corrected chi connectivity index (χ1v) is 13.5. The molecule has 41 heavy (non-hydrogen) atoms. The van der Waals surface area contributed by atoms with Gasteiger partial charge in [0.05, 0.1) is 11.8 Å². The maximum Gasteiger partial charge on any atom is 0.573 e. The molecule has 5 atom stereocenters. The molecule has 2 saturated carbocycles. The van der Waals surface area contributed by atoms with E-state index in [1.807, 2.05) is 4.90 Å². The Hall–Kier alpha value is -3.55. The van der Waals surface area contributed by atoms with Crippen LogP contribution in [0.3, 0.4) is 0 Å². The number of fused-ring (bicyclic) bond motifs is 2. The Balaban J connectivity index is 1.09. The third-order valence-electron chi connectivity index (χ3n) is 8.09. The predicted octanol–water partition coefficient (Wildman–Crippen LogP) is 6.03. The van der Waals surface area contributed by atoms with E-state index in [-0.39, 0.29) is 29.9 Å². The van der Waals surface area contributed by atoms with Gasteiger partial charge < -0.3 is 24.7 Å². The van der Waals surface area contributed by atoms with Crippen molar-refractivity contribution in [3.63, 3.8) is 0 Å². The summed E-state index contributed by atoms with van der Waals surface area (Å²) >= 11 is 0. The van der Waals surface area contributed by atoms with Crippen molar-refractivity contribution in [2.75, 3.05) is 16.8 Å². The fraction of sp³-hybridized carbons (Fsp3) is 0.519. The number of hydrogen-bond donors (Lipinski definition) is 2. The van der Waals surface area contributed by atoms with Crippen molar-refractivity contribution in [3.8, 4) is 17.1 Å². The molecule has 6 rings (SSSR count). The van der Waals surface area contributed by atoms with Gasteiger partial charge in [0.2, 0.25) is 5.95 Å². The van der Waals surface area contributed by atoms with Gasteiger partial charge in [0.1, 0.15) is 5.75 Å². The van der Waals surface area contributed by atoms with Gasteiger partial charge in [-0.25, -0.2) is 15.0 Å². The predicted molar refractivity (Wildman–Crippen MR) is 136 cm³/mol. The van der Waals surface area contributed by atoms with Gasteiger partial charge in [0.25, 0.3) is 6.01 Å². The summed E-state index contributed by atoms with van der Waals surface area (Å²) in [5.41, 5.74) is -0.301. The van der Waals surface area contributed by atoms with E-state index in [2.05, 4.69) is 30.3 Å². The van der Waals surface area contributed by atoms with Crippen LogP contribution >= 0.6 is 0 Å². The first kappa shape index (κ1) is 27.6. The average Bonchev–Trinajstić information content (AvgIpc) is 3.65. The molecule has 3 aromatic rings. The normalized spacial score (nSPS) is 26.4. The van der Waals surface area contributed by atoms with E-state index < -0.39 is 18.1 Å². The molecule has 3 aliphatic rings. The zero-order valence-electron chi connectivity index (χ0n) is 21.8. The lowest BCUT2D eigenvalue weighted by Crippen LogP contribution is -2.56. The molecule has 0 radical (unpaired) electrons. The molecule has 14 heteroatoms. The molecule has 0 amide bonds. The summed E-state index contributed by atoms with van der Waals surface area (Å²) in [4.78, 5) is 14.4. The summed E-state index contributed by atoms with van der Waals surface area (Å²) in [6.07, 6.45) is -0.201. The van der Waals surface area contributed by atoms with E-state index in [4.69, 9.17) is 4.42 Å². The number of halogens is 6. The summed E-state index contributed by atoms with van der Waals surface area (Å²) in [7, 11) is 0. The lowest BCUT2D eigenvalue weighted by Gasteiger charge is -2.39. The number of anilines is 2. The van der Waals surface area contributed by atoms with Crippen LogP contribution < -0.4 is 20.3 Å². The quantitative estimate of drug-likeness (QED) is 0.327. The molecule has 2 bridgehead atoms. The minimum Gasteiger partial charge on any atom is -0.424 e. The molecule has 3 heterocycles. The number of ether oxygens (including phenoxy) is 1. The number of rotatable bonds is 7. The molecule has 3 fully saturated rings. The van der Waals surface area contributed by atoms with Gasteiger partial charge in [-0.15, -0.1) is 13.2 Å². The zero-order valence-corrected chi connectivity index (χ0v) is 21.8. The molecule has 1 aliphatic heterocycles. The smallest absolute Gasteiger partial charge is 0.424 e. The van der Waals surface area contributed by atoms with E-state index in [9.17, 15) is 26.3 Å². The number of piperidine rings is 1. The number of benzene rings is 1. The van der Waals surface area contributed by atoms with Gasteiger partial charge in [0, 0.05) is 48.7 Å². The van der Waals surface area contributed by atoms with Crippen molar-refractivity contribution in [1.82, 2.24) is 20.3 Å². The van der Waals surface area contributed by atoms with Crippen LogP contribution in [0, 0.1) is 5.92 Å². The monoisotopic (exact) mass is 582 g/mol. The largest absolute Gasteiger partial charge is 0.573 e. The van der Waals surface area contributed by atoms with Crippen molar-refractivity contribution in [2.24, 2.45) is 5.92 Å². The number of oxazole rings is 1. The molecule has 220 valence electrons. The van der Waals surface area contributed by atoms with Crippen LogP contribution in [-0.2, 0) is 6.18 Å². The molecule has 5 unspecified atom stereocenters. The molecule has 2 aromatic heterocycles. The second-order valence-corrected chi connectivity index (χ2v) is 10.8. The van der Waals surface area contributed by atoms with Crippen molar-refractivity contribution in [1.29, 1.82) is 0 Å². The molecule has 0 spiro atoms. The number of alkyl halides is 6. The number of hydrogen-bond acceptors (Lipinski definition) is 8. The molecule has 2 aliphatic carbocycles. The maximum atomic E-state index is 13.0. The topological polar surface area (TPSA) is 88.3 Å². The molecule has 1 saturated heterocycles. The van der Waals surface area contributed by atoms with E-state index in [0.29, 0.717) is 29.2 Å². The fourth-order valence-electron chi connectivity index (χ4n) is 6.28. The minimum absolute atomic E-state index is 0.0349. The summed E-state index contributed by atoms with van der Waals surface area (Å²) in [5.74, 6) is 0.826. The van der Waals surface area contributed by atoms with Crippen molar-refractivity contribution in [2.45, 2.75) is 75.2 Å².